The lowest BCUT2D eigenvalue weighted by atomic mass is 10.1. The number of halogens is 2. The first-order valence-electron chi connectivity index (χ1n) is 10.8. The fourth-order valence-electron chi connectivity index (χ4n) is 3.90. The van der Waals surface area contributed by atoms with E-state index in [4.69, 9.17) is 28.3 Å². The minimum atomic E-state index is -0.479. The number of hydrogen-bond acceptors (Lipinski definition) is 4. The molecule has 7 nitrogen and oxygen atoms in total. The Kier molecular flexibility index (Phi) is 5.86. The van der Waals surface area contributed by atoms with Gasteiger partial charge in [-0.05, 0) is 43.2 Å². The van der Waals surface area contributed by atoms with Gasteiger partial charge in [0, 0.05) is 28.6 Å². The topological polar surface area (TPSA) is 92.7 Å². The van der Waals surface area contributed by atoms with E-state index >= 15 is 0 Å². The summed E-state index contributed by atoms with van der Waals surface area (Å²) < 4.78 is 3.06. The largest absolute Gasteiger partial charge is 0.349 e. The van der Waals surface area contributed by atoms with Crippen molar-refractivity contribution in [1.29, 1.82) is 5.26 Å². The summed E-state index contributed by atoms with van der Waals surface area (Å²) in [7, 11) is 0. The Balaban J connectivity index is 1.84. The second kappa shape index (κ2) is 8.98. The SMILES string of the molecule is N#CCCn1c(=O)c(C(=O)NC2CC2)cc2c(-c3ccc(Cl)cc3)n(-c3ccccc3Cl)nc21. The number of carbonyl (C=O) groups is 1. The third-order valence-corrected chi connectivity index (χ3v) is 6.30. The Bertz CT molecular complexity index is 1510. The highest BCUT2D eigenvalue weighted by molar-refractivity contribution is 6.32. The maximum atomic E-state index is 13.3. The highest BCUT2D eigenvalue weighted by Gasteiger charge is 2.28. The number of rotatable bonds is 6. The van der Waals surface area contributed by atoms with Gasteiger partial charge in [-0.2, -0.15) is 5.26 Å². The molecule has 170 valence electrons. The average molecular weight is 492 g/mol. The molecule has 0 unspecified atom stereocenters. The van der Waals surface area contributed by atoms with Gasteiger partial charge in [-0.15, -0.1) is 5.10 Å². The number of pyridine rings is 1. The number of amides is 1. The molecule has 1 amide bonds. The fraction of sp³-hybridized carbons (Fsp3) is 0.200. The highest BCUT2D eigenvalue weighted by atomic mass is 35.5. The van der Waals surface area contributed by atoms with Crippen molar-refractivity contribution in [1.82, 2.24) is 19.7 Å². The minimum absolute atomic E-state index is 0.0197. The molecule has 1 aliphatic carbocycles. The lowest BCUT2D eigenvalue weighted by Gasteiger charge is -2.10. The maximum absolute atomic E-state index is 13.3. The van der Waals surface area contributed by atoms with Gasteiger partial charge in [0.1, 0.15) is 5.56 Å². The van der Waals surface area contributed by atoms with Gasteiger partial charge >= 0.3 is 0 Å². The lowest BCUT2D eigenvalue weighted by Crippen LogP contribution is -2.34. The van der Waals surface area contributed by atoms with Gasteiger partial charge in [0.2, 0.25) is 0 Å². The van der Waals surface area contributed by atoms with Crippen LogP contribution in [-0.2, 0) is 6.54 Å². The molecule has 9 heteroatoms. The van der Waals surface area contributed by atoms with Crippen LogP contribution >= 0.6 is 23.2 Å². The van der Waals surface area contributed by atoms with Crippen molar-refractivity contribution >= 4 is 40.1 Å². The number of hydrogen-bond donors (Lipinski definition) is 1. The molecule has 0 saturated heterocycles. The summed E-state index contributed by atoms with van der Waals surface area (Å²) in [5.41, 5.74) is 1.97. The molecule has 2 aromatic heterocycles. The zero-order valence-corrected chi connectivity index (χ0v) is 19.5. The van der Waals surface area contributed by atoms with Crippen LogP contribution in [0.25, 0.3) is 28.0 Å². The summed E-state index contributed by atoms with van der Waals surface area (Å²) in [6.07, 6.45) is 1.89. The summed E-state index contributed by atoms with van der Waals surface area (Å²) in [5.74, 6) is -0.423. The van der Waals surface area contributed by atoms with Crippen molar-refractivity contribution in [2.24, 2.45) is 0 Å². The van der Waals surface area contributed by atoms with E-state index in [0.29, 0.717) is 32.5 Å². The van der Waals surface area contributed by atoms with E-state index < -0.39 is 11.5 Å². The van der Waals surface area contributed by atoms with Crippen molar-refractivity contribution in [3.05, 3.63) is 80.6 Å². The molecule has 1 saturated carbocycles. The third kappa shape index (κ3) is 4.07. The first-order valence-corrected chi connectivity index (χ1v) is 11.6. The standard InChI is InChI=1S/C25H19Cl2N5O2/c26-16-8-6-15(7-9-16)22-18-14-19(24(33)29-17-10-11-17)25(34)31(13-3-12-28)23(18)30-32(22)21-5-2-1-4-20(21)27/h1-2,4-9,14,17H,3,10-11,13H2,(H,29,33). The number of nitrogens with one attached hydrogen (secondary N) is 1. The van der Waals surface area contributed by atoms with Crippen LogP contribution in [0.15, 0.2) is 59.4 Å². The van der Waals surface area contributed by atoms with Crippen molar-refractivity contribution < 1.29 is 4.79 Å². The van der Waals surface area contributed by atoms with Crippen LogP contribution in [0, 0.1) is 11.3 Å². The van der Waals surface area contributed by atoms with E-state index in [9.17, 15) is 14.9 Å². The molecule has 4 aromatic rings. The van der Waals surface area contributed by atoms with Gasteiger partial charge in [-0.3, -0.25) is 14.2 Å². The van der Waals surface area contributed by atoms with Gasteiger partial charge in [0.05, 0.1) is 28.9 Å². The molecule has 0 spiro atoms. The van der Waals surface area contributed by atoms with Gasteiger partial charge in [0.25, 0.3) is 11.5 Å². The quantitative estimate of drug-likeness (QED) is 0.412. The number of benzene rings is 2. The first kappa shape index (κ1) is 22.2. The second-order valence-electron chi connectivity index (χ2n) is 8.13. The van der Waals surface area contributed by atoms with Gasteiger partial charge in [-0.1, -0.05) is 47.5 Å². The van der Waals surface area contributed by atoms with Gasteiger partial charge in [-0.25, -0.2) is 4.68 Å². The average Bonchev–Trinajstić information content (AvgIpc) is 3.56. The molecule has 1 aliphatic rings. The summed E-state index contributed by atoms with van der Waals surface area (Å²) in [4.78, 5) is 26.3. The smallest absolute Gasteiger partial charge is 0.265 e. The van der Waals surface area contributed by atoms with Crippen molar-refractivity contribution in [3.63, 3.8) is 0 Å². The fourth-order valence-corrected chi connectivity index (χ4v) is 4.25. The number of nitrogens with zero attached hydrogens (tertiary/aromatic N) is 4. The Morgan fingerprint density at radius 1 is 1.15 bits per heavy atom. The number of para-hydroxylation sites is 1. The Labute approximate surface area is 205 Å². The molecular weight excluding hydrogens is 473 g/mol. The molecule has 1 N–H and O–H groups in total. The van der Waals surface area contributed by atoms with Crippen molar-refractivity contribution in [2.45, 2.75) is 31.8 Å². The van der Waals surface area contributed by atoms with Gasteiger partial charge in [0.15, 0.2) is 5.65 Å². The molecular formula is C25H19Cl2N5O2. The Hall–Kier alpha value is -3.60. The van der Waals surface area contributed by atoms with E-state index in [0.717, 1.165) is 18.4 Å². The number of fused-ring (bicyclic) bond motifs is 1. The second-order valence-corrected chi connectivity index (χ2v) is 8.97. The van der Waals surface area contributed by atoms with E-state index in [-0.39, 0.29) is 24.6 Å². The van der Waals surface area contributed by atoms with Gasteiger partial charge < -0.3 is 5.32 Å². The number of aryl methyl sites for hydroxylation is 1. The molecule has 0 bridgehead atoms. The summed E-state index contributed by atoms with van der Waals surface area (Å²) >= 11 is 12.6. The van der Waals surface area contributed by atoms with Crippen LogP contribution in [0.4, 0.5) is 0 Å². The monoisotopic (exact) mass is 491 g/mol. The summed E-state index contributed by atoms with van der Waals surface area (Å²) in [6.45, 7) is 0.107. The van der Waals surface area contributed by atoms with E-state index in [1.807, 2.05) is 30.3 Å². The van der Waals surface area contributed by atoms with E-state index in [1.165, 1.54) is 4.57 Å². The molecule has 0 atom stereocenters. The lowest BCUT2D eigenvalue weighted by molar-refractivity contribution is 0.0949. The molecule has 2 aromatic carbocycles. The highest BCUT2D eigenvalue weighted by Crippen LogP contribution is 2.34. The minimum Gasteiger partial charge on any atom is -0.349 e. The molecule has 0 aliphatic heterocycles. The predicted molar refractivity (Wildman–Crippen MR) is 132 cm³/mol. The van der Waals surface area contributed by atoms with E-state index in [2.05, 4.69) is 11.4 Å². The van der Waals surface area contributed by atoms with Crippen molar-refractivity contribution in [2.75, 3.05) is 0 Å². The molecule has 1 fully saturated rings. The first-order chi connectivity index (χ1) is 16.5. The number of nitriles is 1. The third-order valence-electron chi connectivity index (χ3n) is 5.73. The summed E-state index contributed by atoms with van der Waals surface area (Å²) in [6, 6.07) is 18.2. The van der Waals surface area contributed by atoms with Crippen LogP contribution in [0.2, 0.25) is 10.0 Å². The predicted octanol–water partition coefficient (Wildman–Crippen LogP) is 4.97. The maximum Gasteiger partial charge on any atom is 0.265 e. The molecule has 2 heterocycles. The van der Waals surface area contributed by atoms with Crippen LogP contribution in [0.3, 0.4) is 0 Å². The normalized spacial score (nSPS) is 13.1. The number of aromatic nitrogens is 3. The van der Waals surface area contributed by atoms with Crippen LogP contribution < -0.4 is 10.9 Å². The summed E-state index contributed by atoms with van der Waals surface area (Å²) in [5, 5.41) is 18.5. The Morgan fingerprint density at radius 3 is 2.56 bits per heavy atom. The van der Waals surface area contributed by atoms with E-state index in [1.54, 1.807) is 28.9 Å². The van der Waals surface area contributed by atoms with Crippen molar-refractivity contribution in [3.8, 4) is 23.0 Å². The van der Waals surface area contributed by atoms with Crippen LogP contribution in [0.1, 0.15) is 29.6 Å². The van der Waals surface area contributed by atoms with Crippen LogP contribution in [0.5, 0.6) is 0 Å². The van der Waals surface area contributed by atoms with Crippen LogP contribution in [-0.4, -0.2) is 26.3 Å². The number of carbonyl (C=O) groups excluding carboxylic acids is 1. The zero-order valence-electron chi connectivity index (χ0n) is 18.0. The zero-order chi connectivity index (χ0) is 23.8. The Morgan fingerprint density at radius 2 is 1.88 bits per heavy atom. The molecule has 0 radical (unpaired) electrons. The molecule has 5 rings (SSSR count). The molecule has 34 heavy (non-hydrogen) atoms.